The lowest BCUT2D eigenvalue weighted by Gasteiger charge is -2.05. The third-order valence-corrected chi connectivity index (χ3v) is 4.36. The van der Waals surface area contributed by atoms with E-state index in [1.807, 2.05) is 19.1 Å². The molecule has 1 aliphatic rings. The van der Waals surface area contributed by atoms with Crippen LogP contribution in [0.3, 0.4) is 0 Å². The van der Waals surface area contributed by atoms with Crippen LogP contribution in [-0.4, -0.2) is 24.9 Å². The molecule has 0 fully saturated rings. The number of hydrogen-bond acceptors (Lipinski definition) is 6. The molecule has 0 saturated carbocycles. The first-order valence-electron chi connectivity index (χ1n) is 9.20. The Labute approximate surface area is 172 Å². The van der Waals surface area contributed by atoms with Gasteiger partial charge in [0, 0.05) is 5.56 Å². The minimum absolute atomic E-state index is 0.148. The van der Waals surface area contributed by atoms with Crippen LogP contribution in [0.15, 0.2) is 71.8 Å². The molecule has 1 N–H and O–H groups in total. The smallest absolute Gasteiger partial charge is 0.343 e. The van der Waals surface area contributed by atoms with Gasteiger partial charge in [-0.3, -0.25) is 4.79 Å². The molecule has 0 saturated heterocycles. The van der Waals surface area contributed by atoms with Crippen molar-refractivity contribution in [1.82, 2.24) is 5.43 Å². The summed E-state index contributed by atoms with van der Waals surface area (Å²) in [5.74, 6) is 0.771. The standard InChI is InChI=1S/C23H18N2O5/c1-15-3-2-4-18(11-15)23(27)30-19-8-5-16(6-9-19)13-24-25-22(26)17-7-10-20-21(12-17)29-14-28-20/h2-13H,14H2,1H3,(H,25,26)/b24-13+. The summed E-state index contributed by atoms with van der Waals surface area (Å²) in [6.07, 6.45) is 1.50. The molecule has 7 heteroatoms. The van der Waals surface area contributed by atoms with Gasteiger partial charge in [-0.15, -0.1) is 0 Å². The van der Waals surface area contributed by atoms with Gasteiger partial charge in [0.05, 0.1) is 11.8 Å². The first kappa shape index (κ1) is 19.2. The molecule has 0 unspecified atom stereocenters. The molecule has 3 aromatic carbocycles. The van der Waals surface area contributed by atoms with Crippen molar-refractivity contribution in [2.75, 3.05) is 6.79 Å². The predicted octanol–water partition coefficient (Wildman–Crippen LogP) is 3.71. The molecule has 0 spiro atoms. The van der Waals surface area contributed by atoms with Gasteiger partial charge in [0.15, 0.2) is 11.5 Å². The summed E-state index contributed by atoms with van der Waals surface area (Å²) in [5.41, 5.74) is 5.08. The van der Waals surface area contributed by atoms with E-state index in [4.69, 9.17) is 14.2 Å². The minimum Gasteiger partial charge on any atom is -0.454 e. The maximum atomic E-state index is 12.2. The Kier molecular flexibility index (Phi) is 5.43. The maximum Gasteiger partial charge on any atom is 0.343 e. The summed E-state index contributed by atoms with van der Waals surface area (Å²) < 4.78 is 15.9. The van der Waals surface area contributed by atoms with Crippen molar-refractivity contribution in [2.45, 2.75) is 6.92 Å². The van der Waals surface area contributed by atoms with E-state index in [1.165, 1.54) is 6.21 Å². The molecular weight excluding hydrogens is 384 g/mol. The molecule has 1 amide bonds. The molecule has 150 valence electrons. The van der Waals surface area contributed by atoms with E-state index in [0.29, 0.717) is 28.4 Å². The number of nitrogens with one attached hydrogen (secondary N) is 1. The number of hydrazone groups is 1. The van der Waals surface area contributed by atoms with Crippen molar-refractivity contribution in [3.8, 4) is 17.2 Å². The second kappa shape index (κ2) is 8.48. The molecule has 0 aliphatic carbocycles. The average Bonchev–Trinajstić information content (AvgIpc) is 3.23. The fourth-order valence-corrected chi connectivity index (χ4v) is 2.83. The maximum absolute atomic E-state index is 12.2. The Morgan fingerprint density at radius 2 is 1.77 bits per heavy atom. The quantitative estimate of drug-likeness (QED) is 0.304. The van der Waals surface area contributed by atoms with Crippen molar-refractivity contribution >= 4 is 18.1 Å². The van der Waals surface area contributed by atoms with E-state index in [0.717, 1.165) is 11.1 Å². The highest BCUT2D eigenvalue weighted by atomic mass is 16.7. The van der Waals surface area contributed by atoms with Crippen molar-refractivity contribution < 1.29 is 23.8 Å². The van der Waals surface area contributed by atoms with Crippen LogP contribution in [-0.2, 0) is 0 Å². The number of carbonyl (C=O) groups excluding carboxylic acids is 2. The van der Waals surface area contributed by atoms with Crippen molar-refractivity contribution in [1.29, 1.82) is 0 Å². The highest BCUT2D eigenvalue weighted by Crippen LogP contribution is 2.32. The zero-order valence-electron chi connectivity index (χ0n) is 16.1. The highest BCUT2D eigenvalue weighted by molar-refractivity contribution is 5.95. The number of esters is 1. The second-order valence-corrected chi connectivity index (χ2v) is 6.60. The van der Waals surface area contributed by atoms with Crippen LogP contribution >= 0.6 is 0 Å². The normalized spacial score (nSPS) is 12.0. The molecule has 1 heterocycles. The number of benzene rings is 3. The first-order valence-corrected chi connectivity index (χ1v) is 9.20. The molecule has 30 heavy (non-hydrogen) atoms. The van der Waals surface area contributed by atoms with Crippen LogP contribution in [0.25, 0.3) is 0 Å². The van der Waals surface area contributed by atoms with E-state index in [1.54, 1.807) is 54.6 Å². The topological polar surface area (TPSA) is 86.2 Å². The van der Waals surface area contributed by atoms with Crippen LogP contribution in [0.1, 0.15) is 31.8 Å². The van der Waals surface area contributed by atoms with E-state index in [-0.39, 0.29) is 12.7 Å². The lowest BCUT2D eigenvalue weighted by molar-refractivity contribution is 0.0734. The van der Waals surface area contributed by atoms with Crippen molar-refractivity contribution in [3.05, 3.63) is 89.0 Å². The van der Waals surface area contributed by atoms with E-state index < -0.39 is 5.97 Å². The average molecular weight is 402 g/mol. The van der Waals surface area contributed by atoms with Gasteiger partial charge < -0.3 is 14.2 Å². The van der Waals surface area contributed by atoms with Crippen molar-refractivity contribution in [2.24, 2.45) is 5.10 Å². The van der Waals surface area contributed by atoms with Gasteiger partial charge in [0.2, 0.25) is 6.79 Å². The number of hydrogen-bond donors (Lipinski definition) is 1. The van der Waals surface area contributed by atoms with Gasteiger partial charge in [-0.05, 0) is 67.1 Å². The Morgan fingerprint density at radius 3 is 2.57 bits per heavy atom. The Balaban J connectivity index is 1.33. The number of rotatable bonds is 5. The Morgan fingerprint density at radius 1 is 0.967 bits per heavy atom. The van der Waals surface area contributed by atoms with Crippen LogP contribution < -0.4 is 19.6 Å². The first-order chi connectivity index (χ1) is 14.6. The second-order valence-electron chi connectivity index (χ2n) is 6.60. The molecule has 3 aromatic rings. The van der Waals surface area contributed by atoms with Crippen LogP contribution in [0.2, 0.25) is 0 Å². The molecule has 0 atom stereocenters. The van der Waals surface area contributed by atoms with Gasteiger partial charge >= 0.3 is 5.97 Å². The minimum atomic E-state index is -0.420. The largest absolute Gasteiger partial charge is 0.454 e. The number of ether oxygens (including phenoxy) is 3. The predicted molar refractivity (Wildman–Crippen MR) is 110 cm³/mol. The fourth-order valence-electron chi connectivity index (χ4n) is 2.83. The summed E-state index contributed by atoms with van der Waals surface area (Å²) in [5, 5.41) is 3.95. The SMILES string of the molecule is Cc1cccc(C(=O)Oc2ccc(/C=N/NC(=O)c3ccc4c(c3)OCO4)cc2)c1. The van der Waals surface area contributed by atoms with E-state index in [2.05, 4.69) is 10.5 Å². The molecule has 1 aliphatic heterocycles. The molecule has 4 rings (SSSR count). The third kappa shape index (κ3) is 4.47. The summed E-state index contributed by atoms with van der Waals surface area (Å²) in [4.78, 5) is 24.4. The van der Waals surface area contributed by atoms with Crippen LogP contribution in [0.5, 0.6) is 17.2 Å². The molecule has 0 radical (unpaired) electrons. The van der Waals surface area contributed by atoms with Gasteiger partial charge in [-0.2, -0.15) is 5.10 Å². The van der Waals surface area contributed by atoms with Gasteiger partial charge in [-0.1, -0.05) is 17.7 Å². The van der Waals surface area contributed by atoms with Gasteiger partial charge in [0.25, 0.3) is 5.91 Å². The number of amides is 1. The summed E-state index contributed by atoms with van der Waals surface area (Å²) in [7, 11) is 0. The summed E-state index contributed by atoms with van der Waals surface area (Å²) >= 11 is 0. The zero-order valence-corrected chi connectivity index (χ0v) is 16.1. The number of nitrogens with zero attached hydrogens (tertiary/aromatic N) is 1. The lowest BCUT2D eigenvalue weighted by Crippen LogP contribution is -2.17. The van der Waals surface area contributed by atoms with E-state index in [9.17, 15) is 9.59 Å². The van der Waals surface area contributed by atoms with Gasteiger partial charge in [0.1, 0.15) is 5.75 Å². The van der Waals surface area contributed by atoms with Crippen LogP contribution in [0.4, 0.5) is 0 Å². The lowest BCUT2D eigenvalue weighted by atomic mass is 10.1. The van der Waals surface area contributed by atoms with Gasteiger partial charge in [-0.25, -0.2) is 10.2 Å². The van der Waals surface area contributed by atoms with Crippen molar-refractivity contribution in [3.63, 3.8) is 0 Å². The molecule has 0 bridgehead atoms. The van der Waals surface area contributed by atoms with E-state index >= 15 is 0 Å². The number of fused-ring (bicyclic) bond motifs is 1. The summed E-state index contributed by atoms with van der Waals surface area (Å²) in [6, 6.07) is 18.9. The zero-order chi connectivity index (χ0) is 20.9. The monoisotopic (exact) mass is 402 g/mol. The highest BCUT2D eigenvalue weighted by Gasteiger charge is 2.15. The third-order valence-electron chi connectivity index (χ3n) is 4.36. The molecule has 7 nitrogen and oxygen atoms in total. The van der Waals surface area contributed by atoms with Crippen LogP contribution in [0, 0.1) is 6.92 Å². The Hall–Kier alpha value is -4.13. The molecular formula is C23H18N2O5. The fraction of sp³-hybridized carbons (Fsp3) is 0.0870. The Bertz CT molecular complexity index is 1120. The number of carbonyl (C=O) groups is 2. The molecule has 0 aromatic heterocycles. The summed E-state index contributed by atoms with van der Waals surface area (Å²) in [6.45, 7) is 2.06. The number of aryl methyl sites for hydroxylation is 1.